The zero-order valence-electron chi connectivity index (χ0n) is 18.2. The quantitative estimate of drug-likeness (QED) is 0.489. The van der Waals surface area contributed by atoms with Crippen LogP contribution < -0.4 is 4.74 Å². The summed E-state index contributed by atoms with van der Waals surface area (Å²) in [4.78, 5) is 26.9. The Bertz CT molecular complexity index is 1260. The van der Waals surface area contributed by atoms with Crippen molar-refractivity contribution in [2.75, 3.05) is 13.1 Å². The Balaban J connectivity index is 1.29. The average Bonchev–Trinajstić information content (AvgIpc) is 3.22. The molecule has 1 saturated heterocycles. The second-order valence-corrected chi connectivity index (χ2v) is 8.50. The van der Waals surface area contributed by atoms with Crippen molar-refractivity contribution in [3.8, 4) is 17.0 Å². The highest BCUT2D eigenvalue weighted by Crippen LogP contribution is 2.49. The maximum atomic E-state index is 13.1. The maximum absolute atomic E-state index is 13.1. The van der Waals surface area contributed by atoms with Gasteiger partial charge in [0, 0.05) is 49.7 Å². The van der Waals surface area contributed by atoms with Crippen LogP contribution in [0.4, 0.5) is 4.39 Å². The Morgan fingerprint density at radius 3 is 2.55 bits per heavy atom. The minimum Gasteiger partial charge on any atom is -0.482 e. The number of likely N-dealkylation sites (tertiary alicyclic amines) is 1. The molecule has 5 rings (SSSR count). The summed E-state index contributed by atoms with van der Waals surface area (Å²) in [6, 6.07) is 13.0. The number of hydrogen-bond donors (Lipinski definition) is 1. The number of fused-ring (bicyclic) bond motifs is 4. The molecule has 1 amide bonds. The van der Waals surface area contributed by atoms with Crippen molar-refractivity contribution in [2.45, 2.75) is 24.9 Å². The third-order valence-electron chi connectivity index (χ3n) is 6.50. The summed E-state index contributed by atoms with van der Waals surface area (Å²) in [5.74, 6) is -0.479. The molecule has 0 unspecified atom stereocenters. The molecule has 8 heteroatoms. The predicted molar refractivity (Wildman–Crippen MR) is 120 cm³/mol. The maximum Gasteiger partial charge on any atom is 0.267 e. The van der Waals surface area contributed by atoms with E-state index < -0.39 is 17.3 Å². The van der Waals surface area contributed by atoms with Gasteiger partial charge in [-0.1, -0.05) is 12.1 Å². The van der Waals surface area contributed by atoms with Crippen molar-refractivity contribution >= 4 is 17.4 Å². The number of aryl methyl sites for hydroxylation is 1. The average molecular weight is 446 g/mol. The zero-order chi connectivity index (χ0) is 23.2. The second-order valence-electron chi connectivity index (χ2n) is 8.50. The smallest absolute Gasteiger partial charge is 0.267 e. The number of ketones is 1. The minimum absolute atomic E-state index is 0.266. The number of nitrogens with zero attached hydrogens (tertiary/aromatic N) is 3. The highest BCUT2D eigenvalue weighted by molar-refractivity contribution is 6.41. The molecule has 1 aromatic heterocycles. The van der Waals surface area contributed by atoms with Gasteiger partial charge in [-0.15, -0.1) is 0 Å². The Morgan fingerprint density at radius 1 is 1.12 bits per heavy atom. The number of rotatable bonds is 4. The second kappa shape index (κ2) is 7.95. The standard InChI is InChI=1S/C25H23FN4O3/c1-29-23-18-4-2-3-5-22(18)33-25(19(23)15-28-29)10-12-30(13-11-25)24(32)20(27)14-21(31)16-6-8-17(26)9-7-16/h2-9,15,27H,10-14H2,1H3. The number of ether oxygens (including phenoxy) is 1. The summed E-state index contributed by atoms with van der Waals surface area (Å²) >= 11 is 0. The van der Waals surface area contributed by atoms with E-state index in [9.17, 15) is 14.0 Å². The summed E-state index contributed by atoms with van der Waals surface area (Å²) < 4.78 is 21.4. The first-order valence-electron chi connectivity index (χ1n) is 10.8. The van der Waals surface area contributed by atoms with Crippen LogP contribution in [0.15, 0.2) is 54.7 Å². The van der Waals surface area contributed by atoms with Gasteiger partial charge in [-0.3, -0.25) is 19.7 Å². The van der Waals surface area contributed by atoms with Gasteiger partial charge in [0.1, 0.15) is 22.9 Å². The Hall–Kier alpha value is -3.81. The highest BCUT2D eigenvalue weighted by atomic mass is 19.1. The van der Waals surface area contributed by atoms with Crippen LogP contribution in [-0.2, 0) is 17.4 Å². The third-order valence-corrected chi connectivity index (χ3v) is 6.50. The van der Waals surface area contributed by atoms with Gasteiger partial charge in [-0.25, -0.2) is 4.39 Å². The molecule has 1 fully saturated rings. The molecule has 0 radical (unpaired) electrons. The van der Waals surface area contributed by atoms with Crippen LogP contribution in [0.2, 0.25) is 0 Å². The van der Waals surface area contributed by atoms with E-state index in [2.05, 4.69) is 5.10 Å². The number of amides is 1. The van der Waals surface area contributed by atoms with Crippen molar-refractivity contribution in [2.24, 2.45) is 7.05 Å². The van der Waals surface area contributed by atoms with E-state index >= 15 is 0 Å². The lowest BCUT2D eigenvalue weighted by atomic mass is 9.81. The van der Waals surface area contributed by atoms with E-state index in [1.807, 2.05) is 42.2 Å². The number of Topliss-reactive ketones (excluding diaryl/α,β-unsaturated/α-hetero) is 1. The molecule has 2 aromatic carbocycles. The van der Waals surface area contributed by atoms with Crippen LogP contribution >= 0.6 is 0 Å². The summed E-state index contributed by atoms with van der Waals surface area (Å²) in [5, 5.41) is 12.6. The normalized spacial score (nSPS) is 16.0. The fourth-order valence-electron chi connectivity index (χ4n) is 4.71. The van der Waals surface area contributed by atoms with Crippen molar-refractivity contribution in [3.63, 3.8) is 0 Å². The molecule has 0 aliphatic carbocycles. The van der Waals surface area contributed by atoms with Gasteiger partial charge in [0.2, 0.25) is 0 Å². The van der Waals surface area contributed by atoms with Gasteiger partial charge < -0.3 is 9.64 Å². The third kappa shape index (κ3) is 3.61. The molecule has 0 saturated carbocycles. The number of hydrogen-bond acceptors (Lipinski definition) is 5. The lowest BCUT2D eigenvalue weighted by molar-refractivity contribution is -0.128. The zero-order valence-corrected chi connectivity index (χ0v) is 18.2. The molecule has 7 nitrogen and oxygen atoms in total. The van der Waals surface area contributed by atoms with E-state index in [1.54, 1.807) is 4.90 Å². The van der Waals surface area contributed by atoms with Crippen molar-refractivity contribution < 1.29 is 18.7 Å². The fraction of sp³-hybridized carbons (Fsp3) is 0.280. The van der Waals surface area contributed by atoms with Gasteiger partial charge >= 0.3 is 0 Å². The van der Waals surface area contributed by atoms with Crippen LogP contribution in [-0.4, -0.2) is 45.2 Å². The van der Waals surface area contributed by atoms with E-state index in [4.69, 9.17) is 10.1 Å². The van der Waals surface area contributed by atoms with Crippen LogP contribution in [0.5, 0.6) is 5.75 Å². The number of halogens is 1. The Kier molecular flexibility index (Phi) is 5.08. The molecule has 2 aliphatic heterocycles. The van der Waals surface area contributed by atoms with Gasteiger partial charge in [0.15, 0.2) is 5.78 Å². The fourth-order valence-corrected chi connectivity index (χ4v) is 4.71. The van der Waals surface area contributed by atoms with Gasteiger partial charge in [-0.05, 0) is 36.4 Å². The van der Waals surface area contributed by atoms with Crippen LogP contribution in [0.25, 0.3) is 11.3 Å². The highest BCUT2D eigenvalue weighted by Gasteiger charge is 2.46. The molecular formula is C25H23FN4O3. The molecule has 33 heavy (non-hydrogen) atoms. The Morgan fingerprint density at radius 2 is 1.82 bits per heavy atom. The monoisotopic (exact) mass is 446 g/mol. The van der Waals surface area contributed by atoms with Crippen LogP contribution in [0, 0.1) is 11.2 Å². The van der Waals surface area contributed by atoms with Crippen LogP contribution in [0.1, 0.15) is 35.2 Å². The van der Waals surface area contributed by atoms with E-state index in [1.165, 1.54) is 24.3 Å². The van der Waals surface area contributed by atoms with Gasteiger partial charge in [-0.2, -0.15) is 5.10 Å². The van der Waals surface area contributed by atoms with E-state index in [0.717, 1.165) is 22.6 Å². The van der Waals surface area contributed by atoms with E-state index in [-0.39, 0.29) is 23.5 Å². The number of piperidine rings is 1. The number of carbonyl (C=O) groups is 2. The molecule has 0 atom stereocenters. The molecule has 1 N–H and O–H groups in total. The molecule has 168 valence electrons. The van der Waals surface area contributed by atoms with Crippen LogP contribution in [0.3, 0.4) is 0 Å². The Labute approximate surface area is 190 Å². The number of aromatic nitrogens is 2. The lowest BCUT2D eigenvalue weighted by Gasteiger charge is -2.44. The van der Waals surface area contributed by atoms with Gasteiger partial charge in [0.05, 0.1) is 18.3 Å². The number of para-hydroxylation sites is 1. The largest absolute Gasteiger partial charge is 0.482 e. The first kappa shape index (κ1) is 21.1. The molecule has 1 spiro atoms. The first-order valence-corrected chi connectivity index (χ1v) is 10.8. The van der Waals surface area contributed by atoms with Crippen molar-refractivity contribution in [3.05, 3.63) is 71.7 Å². The predicted octanol–water partition coefficient (Wildman–Crippen LogP) is 3.73. The summed E-state index contributed by atoms with van der Waals surface area (Å²) in [6.07, 6.45) is 2.64. The summed E-state index contributed by atoms with van der Waals surface area (Å²) in [6.45, 7) is 0.810. The topological polar surface area (TPSA) is 88.3 Å². The molecule has 3 aromatic rings. The number of carbonyl (C=O) groups excluding carboxylic acids is 2. The number of nitrogens with one attached hydrogen (secondary N) is 1. The molecule has 3 heterocycles. The first-order chi connectivity index (χ1) is 15.9. The van der Waals surface area contributed by atoms with Gasteiger partial charge in [0.25, 0.3) is 5.91 Å². The molecular weight excluding hydrogens is 423 g/mol. The number of benzene rings is 2. The van der Waals surface area contributed by atoms with Crippen molar-refractivity contribution in [1.29, 1.82) is 5.41 Å². The molecule has 0 bridgehead atoms. The molecule has 2 aliphatic rings. The summed E-state index contributed by atoms with van der Waals surface area (Å²) in [5.41, 5.74) is 2.47. The SMILES string of the molecule is Cn1ncc2c1-c1ccccc1OC21CCN(C(=O)C(=N)CC(=O)c2ccc(F)cc2)CC1. The summed E-state index contributed by atoms with van der Waals surface area (Å²) in [7, 11) is 1.91. The van der Waals surface area contributed by atoms with E-state index in [0.29, 0.717) is 25.9 Å². The lowest BCUT2D eigenvalue weighted by Crippen LogP contribution is -2.50. The minimum atomic E-state index is -0.582. The van der Waals surface area contributed by atoms with Crippen molar-refractivity contribution in [1.82, 2.24) is 14.7 Å².